The number of hydrogen-bond acceptors (Lipinski definition) is 7. The number of aryl methyl sites for hydroxylation is 1. The molecule has 1 amide bonds. The quantitative estimate of drug-likeness (QED) is 0.371. The maximum atomic E-state index is 14.1. The maximum absolute atomic E-state index is 14.1. The smallest absolute Gasteiger partial charge is 0.259 e. The minimum Gasteiger partial charge on any atom is -0.381 e. The summed E-state index contributed by atoms with van der Waals surface area (Å²) in [6.07, 6.45) is 7.15. The van der Waals surface area contributed by atoms with Crippen LogP contribution in [-0.2, 0) is 7.05 Å². The molecule has 4 aromatic heterocycles. The molecule has 0 unspecified atom stereocenters. The number of aromatic nitrogens is 5. The van der Waals surface area contributed by atoms with Crippen molar-refractivity contribution in [2.45, 2.75) is 0 Å². The Labute approximate surface area is 227 Å². The molecular formula is C28H23F2N9O. The van der Waals surface area contributed by atoms with Gasteiger partial charge in [0.1, 0.15) is 34.6 Å². The standard InChI is InChI=1S/C28H23F2N9O/c1-36-15-19(14-34-36)18-11-20(26-21(12-31)27(32)35-39(26)16-18)17-5-6-24(33-13-17)37-7-9-38(10-8-37)28(40)25-22(29)3-2-4-23(25)30/h2-6,11,13-16H,7-10H2,1H3,(H2,32,35). The lowest BCUT2D eigenvalue weighted by atomic mass is 10.0. The molecule has 5 aromatic rings. The molecule has 2 N–H and O–H groups in total. The molecule has 10 nitrogen and oxygen atoms in total. The molecule has 0 aliphatic carbocycles. The van der Waals surface area contributed by atoms with Crippen molar-refractivity contribution in [3.8, 4) is 28.3 Å². The summed E-state index contributed by atoms with van der Waals surface area (Å²) >= 11 is 0. The molecule has 1 aliphatic heterocycles. The number of nitriles is 1. The molecule has 0 atom stereocenters. The summed E-state index contributed by atoms with van der Waals surface area (Å²) in [5, 5.41) is 18.4. The van der Waals surface area contributed by atoms with Crippen molar-refractivity contribution in [3.05, 3.63) is 83.9 Å². The number of nitrogen functional groups attached to an aromatic ring is 1. The van der Waals surface area contributed by atoms with E-state index in [0.717, 1.165) is 34.4 Å². The van der Waals surface area contributed by atoms with E-state index in [0.29, 0.717) is 37.5 Å². The lowest BCUT2D eigenvalue weighted by Gasteiger charge is -2.35. The molecule has 0 saturated carbocycles. The van der Waals surface area contributed by atoms with Crippen LogP contribution in [0.2, 0.25) is 0 Å². The van der Waals surface area contributed by atoms with Gasteiger partial charge >= 0.3 is 0 Å². The topological polar surface area (TPSA) is 121 Å². The van der Waals surface area contributed by atoms with Crippen LogP contribution in [0.15, 0.2) is 61.2 Å². The Kier molecular flexibility index (Phi) is 6.11. The summed E-state index contributed by atoms with van der Waals surface area (Å²) in [4.78, 5) is 20.8. The van der Waals surface area contributed by atoms with Crippen molar-refractivity contribution in [1.82, 2.24) is 29.3 Å². The summed E-state index contributed by atoms with van der Waals surface area (Å²) in [6, 6.07) is 11.3. The molecule has 6 rings (SSSR count). The first-order valence-electron chi connectivity index (χ1n) is 12.5. The Balaban J connectivity index is 1.27. The third-order valence-corrected chi connectivity index (χ3v) is 7.03. The normalized spacial score (nSPS) is 13.6. The summed E-state index contributed by atoms with van der Waals surface area (Å²) in [5.41, 5.74) is 9.61. The predicted molar refractivity (Wildman–Crippen MR) is 144 cm³/mol. The second kappa shape index (κ2) is 9.77. The average Bonchev–Trinajstić information content (AvgIpc) is 3.54. The molecule has 1 fully saturated rings. The van der Waals surface area contributed by atoms with Crippen molar-refractivity contribution < 1.29 is 13.6 Å². The minimum atomic E-state index is -0.870. The molecule has 12 heteroatoms. The van der Waals surface area contributed by atoms with E-state index in [-0.39, 0.29) is 11.4 Å². The van der Waals surface area contributed by atoms with Gasteiger partial charge in [-0.2, -0.15) is 10.4 Å². The first-order valence-corrected chi connectivity index (χ1v) is 12.5. The number of fused-ring (bicyclic) bond motifs is 1. The van der Waals surface area contributed by atoms with Crippen molar-refractivity contribution >= 4 is 23.1 Å². The van der Waals surface area contributed by atoms with Crippen LogP contribution in [-0.4, -0.2) is 61.4 Å². The molecular weight excluding hydrogens is 516 g/mol. The van der Waals surface area contributed by atoms with Crippen molar-refractivity contribution in [2.75, 3.05) is 36.8 Å². The van der Waals surface area contributed by atoms with Gasteiger partial charge in [-0.1, -0.05) is 6.07 Å². The van der Waals surface area contributed by atoms with Crippen LogP contribution in [0.1, 0.15) is 15.9 Å². The number of piperazine rings is 1. The molecule has 0 radical (unpaired) electrons. The fraction of sp³-hybridized carbons (Fsp3) is 0.179. The molecule has 200 valence electrons. The van der Waals surface area contributed by atoms with Crippen molar-refractivity contribution in [3.63, 3.8) is 0 Å². The zero-order chi connectivity index (χ0) is 28.0. The summed E-state index contributed by atoms with van der Waals surface area (Å²) in [5.74, 6) is -1.57. The molecule has 0 spiro atoms. The van der Waals surface area contributed by atoms with Crippen LogP contribution in [0.3, 0.4) is 0 Å². The van der Waals surface area contributed by atoms with E-state index in [1.54, 1.807) is 21.6 Å². The molecule has 1 saturated heterocycles. The number of carbonyl (C=O) groups excluding carboxylic acids is 1. The van der Waals surface area contributed by atoms with Gasteiger partial charge < -0.3 is 15.5 Å². The van der Waals surface area contributed by atoms with E-state index in [1.807, 2.05) is 42.5 Å². The molecule has 5 heterocycles. The van der Waals surface area contributed by atoms with Crippen LogP contribution in [0.25, 0.3) is 27.8 Å². The zero-order valence-electron chi connectivity index (χ0n) is 21.4. The first kappa shape index (κ1) is 25.0. The summed E-state index contributed by atoms with van der Waals surface area (Å²) < 4.78 is 31.5. The number of rotatable bonds is 4. The highest BCUT2D eigenvalue weighted by molar-refractivity contribution is 5.95. The van der Waals surface area contributed by atoms with Gasteiger partial charge in [-0.25, -0.2) is 18.3 Å². The van der Waals surface area contributed by atoms with Crippen LogP contribution in [0, 0.1) is 23.0 Å². The van der Waals surface area contributed by atoms with E-state index >= 15 is 0 Å². The number of hydrogen-bond donors (Lipinski definition) is 1. The lowest BCUT2D eigenvalue weighted by Crippen LogP contribution is -2.49. The summed E-state index contributed by atoms with van der Waals surface area (Å²) in [6.45, 7) is 1.49. The number of pyridine rings is 2. The van der Waals surface area contributed by atoms with Gasteiger partial charge in [-0.15, -0.1) is 5.10 Å². The Bertz CT molecular complexity index is 1780. The van der Waals surface area contributed by atoms with Crippen LogP contribution < -0.4 is 10.6 Å². The fourth-order valence-corrected chi connectivity index (χ4v) is 4.99. The van der Waals surface area contributed by atoms with Gasteiger partial charge in [0, 0.05) is 74.1 Å². The molecule has 1 aromatic carbocycles. The van der Waals surface area contributed by atoms with Crippen LogP contribution in [0.4, 0.5) is 20.4 Å². The first-order chi connectivity index (χ1) is 19.3. The highest BCUT2D eigenvalue weighted by atomic mass is 19.1. The number of carbonyl (C=O) groups is 1. The molecule has 0 bridgehead atoms. The van der Waals surface area contributed by atoms with Gasteiger partial charge in [0.05, 0.1) is 11.7 Å². The Morgan fingerprint density at radius 3 is 2.38 bits per heavy atom. The van der Waals surface area contributed by atoms with E-state index in [2.05, 4.69) is 21.3 Å². The number of amides is 1. The number of nitrogens with zero attached hydrogens (tertiary/aromatic N) is 8. The maximum Gasteiger partial charge on any atom is 0.259 e. The van der Waals surface area contributed by atoms with E-state index in [4.69, 9.17) is 5.73 Å². The SMILES string of the molecule is Cn1cc(-c2cc(-c3ccc(N4CCN(C(=O)c5c(F)cccc5F)CC4)nc3)c3c(C#N)c(N)nn3c2)cn1. The van der Waals surface area contributed by atoms with Crippen LogP contribution in [0.5, 0.6) is 0 Å². The third kappa shape index (κ3) is 4.27. The van der Waals surface area contributed by atoms with Gasteiger partial charge in [0.15, 0.2) is 5.82 Å². The largest absolute Gasteiger partial charge is 0.381 e. The zero-order valence-corrected chi connectivity index (χ0v) is 21.4. The minimum absolute atomic E-state index is 0.138. The van der Waals surface area contributed by atoms with Crippen LogP contribution >= 0.6 is 0 Å². The number of halogens is 2. The predicted octanol–water partition coefficient (Wildman–Crippen LogP) is 3.49. The molecule has 40 heavy (non-hydrogen) atoms. The summed E-state index contributed by atoms with van der Waals surface area (Å²) in [7, 11) is 1.83. The Morgan fingerprint density at radius 1 is 1.00 bits per heavy atom. The average molecular weight is 540 g/mol. The number of nitrogens with two attached hydrogens (primary N) is 1. The van der Waals surface area contributed by atoms with Crippen molar-refractivity contribution in [1.29, 1.82) is 5.26 Å². The van der Waals surface area contributed by atoms with Gasteiger partial charge in [-0.3, -0.25) is 9.48 Å². The second-order valence-corrected chi connectivity index (χ2v) is 9.49. The van der Waals surface area contributed by atoms with Gasteiger partial charge in [0.25, 0.3) is 5.91 Å². The van der Waals surface area contributed by atoms with Gasteiger partial charge in [0.2, 0.25) is 0 Å². The Morgan fingerprint density at radius 2 is 1.75 bits per heavy atom. The Hall–Kier alpha value is -5.31. The van der Waals surface area contributed by atoms with Gasteiger partial charge in [-0.05, 0) is 30.3 Å². The fourth-order valence-electron chi connectivity index (χ4n) is 4.99. The number of benzene rings is 1. The third-order valence-electron chi connectivity index (χ3n) is 7.03. The molecule has 1 aliphatic rings. The highest BCUT2D eigenvalue weighted by Gasteiger charge is 2.27. The van der Waals surface area contributed by atoms with Crippen molar-refractivity contribution in [2.24, 2.45) is 7.05 Å². The van der Waals surface area contributed by atoms with E-state index < -0.39 is 23.1 Å². The van der Waals surface area contributed by atoms with E-state index in [1.165, 1.54) is 11.0 Å². The monoisotopic (exact) mass is 539 g/mol. The number of anilines is 2. The highest BCUT2D eigenvalue weighted by Crippen LogP contribution is 2.34. The van der Waals surface area contributed by atoms with E-state index in [9.17, 15) is 18.8 Å². The lowest BCUT2D eigenvalue weighted by molar-refractivity contribution is 0.0736. The second-order valence-electron chi connectivity index (χ2n) is 9.49.